The molecule has 0 spiro atoms. The molecule has 9 heteroatoms. The predicted octanol–water partition coefficient (Wildman–Crippen LogP) is 0.490. The Morgan fingerprint density at radius 1 is 1.33 bits per heavy atom. The molecule has 0 saturated heterocycles. The highest BCUT2D eigenvalue weighted by Gasteiger charge is 2.22. The van der Waals surface area contributed by atoms with Crippen molar-refractivity contribution in [2.24, 2.45) is 0 Å². The molecule has 0 aliphatic carbocycles. The van der Waals surface area contributed by atoms with Crippen LogP contribution in [0.3, 0.4) is 0 Å². The Morgan fingerprint density at radius 3 is 2.67 bits per heavy atom. The van der Waals surface area contributed by atoms with E-state index in [-0.39, 0.29) is 17.7 Å². The highest BCUT2D eigenvalue weighted by atomic mass is 32.2. The van der Waals surface area contributed by atoms with Crippen molar-refractivity contribution >= 4 is 21.7 Å². The van der Waals surface area contributed by atoms with Crippen LogP contribution >= 0.6 is 0 Å². The Labute approximate surface area is 139 Å². The molecule has 1 heterocycles. The molecule has 0 fully saturated rings. The molecule has 1 aromatic heterocycles. The Bertz CT molecular complexity index is 831. The van der Waals surface area contributed by atoms with Gasteiger partial charge in [0.25, 0.3) is 5.91 Å². The summed E-state index contributed by atoms with van der Waals surface area (Å²) in [6.45, 7) is 0. The third-order valence-corrected chi connectivity index (χ3v) is 4.24. The first-order valence-electron chi connectivity index (χ1n) is 7.08. The van der Waals surface area contributed by atoms with E-state index in [1.807, 2.05) is 0 Å². The second-order valence-electron chi connectivity index (χ2n) is 5.28. The van der Waals surface area contributed by atoms with Crippen LogP contribution < -0.4 is 5.32 Å². The number of hydrogen-bond donors (Lipinski definition) is 2. The van der Waals surface area contributed by atoms with Crippen LogP contribution in [0.5, 0.6) is 0 Å². The van der Waals surface area contributed by atoms with E-state index < -0.39 is 27.8 Å². The molecule has 0 saturated carbocycles. The fourth-order valence-corrected chi connectivity index (χ4v) is 2.71. The van der Waals surface area contributed by atoms with Crippen LogP contribution in [0.1, 0.15) is 16.8 Å². The van der Waals surface area contributed by atoms with Gasteiger partial charge in [0.2, 0.25) is 0 Å². The molecule has 2 rings (SSSR count). The first kappa shape index (κ1) is 17.7. The molecule has 0 aliphatic heterocycles. The van der Waals surface area contributed by atoms with E-state index in [4.69, 9.17) is 5.11 Å². The summed E-state index contributed by atoms with van der Waals surface area (Å²) in [6, 6.07) is 6.97. The molecule has 0 aliphatic rings. The van der Waals surface area contributed by atoms with Gasteiger partial charge in [-0.15, -0.1) is 0 Å². The van der Waals surface area contributed by atoms with Crippen LogP contribution in [-0.2, 0) is 14.6 Å². The van der Waals surface area contributed by atoms with Crippen molar-refractivity contribution in [3.05, 3.63) is 48.3 Å². The summed E-state index contributed by atoms with van der Waals surface area (Å²) in [7, 11) is -3.32. The van der Waals surface area contributed by atoms with Crippen molar-refractivity contribution in [3.8, 4) is 5.69 Å². The Hall–Kier alpha value is -2.68. The van der Waals surface area contributed by atoms with Gasteiger partial charge in [-0.05, 0) is 30.7 Å². The average molecular weight is 351 g/mol. The number of carboxylic acid groups (broad SMARTS) is 1. The van der Waals surface area contributed by atoms with Crippen molar-refractivity contribution in [1.82, 2.24) is 15.1 Å². The molecule has 8 nitrogen and oxygen atoms in total. The summed E-state index contributed by atoms with van der Waals surface area (Å²) < 4.78 is 23.9. The molecule has 1 aromatic carbocycles. The molecule has 2 N–H and O–H groups in total. The number of nitrogens with zero attached hydrogens (tertiary/aromatic N) is 2. The summed E-state index contributed by atoms with van der Waals surface area (Å²) in [4.78, 5) is 23.5. The van der Waals surface area contributed by atoms with Gasteiger partial charge in [-0.2, -0.15) is 5.10 Å². The number of benzene rings is 1. The number of aliphatic carboxylic acids is 1. The number of carbonyl (C=O) groups is 2. The Balaban J connectivity index is 2.12. The lowest BCUT2D eigenvalue weighted by molar-refractivity contribution is -0.139. The van der Waals surface area contributed by atoms with Gasteiger partial charge >= 0.3 is 5.97 Å². The molecule has 0 radical (unpaired) electrons. The normalized spacial score (nSPS) is 12.5. The maximum Gasteiger partial charge on any atom is 0.326 e. The van der Waals surface area contributed by atoms with Gasteiger partial charge in [0, 0.05) is 24.2 Å². The molecule has 128 valence electrons. The van der Waals surface area contributed by atoms with Gasteiger partial charge in [0.05, 0.1) is 11.4 Å². The lowest BCUT2D eigenvalue weighted by atomic mass is 10.1. The highest BCUT2D eigenvalue weighted by molar-refractivity contribution is 7.90. The Morgan fingerprint density at radius 2 is 2.08 bits per heavy atom. The van der Waals surface area contributed by atoms with Gasteiger partial charge in [-0.3, -0.25) is 4.79 Å². The van der Waals surface area contributed by atoms with E-state index in [9.17, 15) is 18.0 Å². The van der Waals surface area contributed by atoms with Crippen molar-refractivity contribution in [2.75, 3.05) is 12.0 Å². The summed E-state index contributed by atoms with van der Waals surface area (Å²) in [5, 5.41) is 15.5. The summed E-state index contributed by atoms with van der Waals surface area (Å²) in [6.07, 6.45) is 4.13. The quantitative estimate of drug-likeness (QED) is 0.749. The maximum atomic E-state index is 12.3. The molecule has 24 heavy (non-hydrogen) atoms. The SMILES string of the molecule is CS(=O)(=O)CC[C@H](NC(=O)c1cccc(-n2cccn2)c1)C(=O)O. The number of sulfone groups is 1. The van der Waals surface area contributed by atoms with E-state index in [2.05, 4.69) is 10.4 Å². The van der Waals surface area contributed by atoms with E-state index in [0.717, 1.165) is 6.26 Å². The summed E-state index contributed by atoms with van der Waals surface area (Å²) >= 11 is 0. The van der Waals surface area contributed by atoms with Gasteiger partial charge in [-0.1, -0.05) is 6.07 Å². The van der Waals surface area contributed by atoms with Crippen molar-refractivity contribution in [2.45, 2.75) is 12.5 Å². The highest BCUT2D eigenvalue weighted by Crippen LogP contribution is 2.10. The monoisotopic (exact) mass is 351 g/mol. The molecular weight excluding hydrogens is 334 g/mol. The molecular formula is C15H17N3O5S. The van der Waals surface area contributed by atoms with E-state index >= 15 is 0 Å². The fourth-order valence-electron chi connectivity index (χ4n) is 2.04. The molecule has 0 bridgehead atoms. The third-order valence-electron chi connectivity index (χ3n) is 3.26. The smallest absolute Gasteiger partial charge is 0.326 e. The van der Waals surface area contributed by atoms with Gasteiger partial charge < -0.3 is 10.4 Å². The largest absolute Gasteiger partial charge is 0.480 e. The van der Waals surface area contributed by atoms with E-state index in [1.165, 1.54) is 6.07 Å². The van der Waals surface area contributed by atoms with Crippen molar-refractivity contribution in [3.63, 3.8) is 0 Å². The van der Waals surface area contributed by atoms with Gasteiger partial charge in [-0.25, -0.2) is 17.9 Å². The second kappa shape index (κ2) is 7.26. The number of nitrogens with one attached hydrogen (secondary N) is 1. The van der Waals surface area contributed by atoms with Crippen LogP contribution in [0.25, 0.3) is 5.69 Å². The van der Waals surface area contributed by atoms with Gasteiger partial charge in [0.15, 0.2) is 0 Å². The van der Waals surface area contributed by atoms with Crippen LogP contribution in [0.2, 0.25) is 0 Å². The summed E-state index contributed by atoms with van der Waals surface area (Å²) in [5.41, 5.74) is 0.907. The number of carbonyl (C=O) groups excluding carboxylic acids is 1. The lowest BCUT2D eigenvalue weighted by Gasteiger charge is -2.14. The van der Waals surface area contributed by atoms with Crippen LogP contribution in [0, 0.1) is 0 Å². The predicted molar refractivity (Wildman–Crippen MR) is 86.8 cm³/mol. The molecule has 1 atom stereocenters. The number of amides is 1. The first-order chi connectivity index (χ1) is 11.3. The molecule has 2 aromatic rings. The van der Waals surface area contributed by atoms with Crippen LogP contribution in [0.4, 0.5) is 0 Å². The minimum atomic E-state index is -3.32. The number of hydrogen-bond acceptors (Lipinski definition) is 5. The number of aromatic nitrogens is 2. The summed E-state index contributed by atoms with van der Waals surface area (Å²) in [5.74, 6) is -2.20. The van der Waals surface area contributed by atoms with Crippen LogP contribution in [0.15, 0.2) is 42.7 Å². The number of rotatable bonds is 7. The topological polar surface area (TPSA) is 118 Å². The third kappa shape index (κ3) is 4.92. The van der Waals surface area contributed by atoms with Crippen molar-refractivity contribution < 1.29 is 23.1 Å². The van der Waals surface area contributed by atoms with Gasteiger partial charge in [0.1, 0.15) is 15.9 Å². The Kier molecular flexibility index (Phi) is 5.35. The zero-order valence-electron chi connectivity index (χ0n) is 12.9. The minimum absolute atomic E-state index is 0.196. The molecule has 0 unspecified atom stereocenters. The number of carboxylic acids is 1. The second-order valence-corrected chi connectivity index (χ2v) is 7.54. The zero-order valence-corrected chi connectivity index (χ0v) is 13.7. The lowest BCUT2D eigenvalue weighted by Crippen LogP contribution is -2.41. The van der Waals surface area contributed by atoms with E-state index in [1.54, 1.807) is 41.3 Å². The van der Waals surface area contributed by atoms with E-state index in [0.29, 0.717) is 5.69 Å². The average Bonchev–Trinajstić information content (AvgIpc) is 3.04. The standard InChI is InChI=1S/C15H17N3O5S/c1-24(22,23)9-6-13(15(20)21)17-14(19)11-4-2-5-12(10-11)18-8-3-7-16-18/h2-5,7-8,10,13H,6,9H2,1H3,(H,17,19)(H,20,21)/t13-/m0/s1. The van der Waals surface area contributed by atoms with Crippen molar-refractivity contribution in [1.29, 1.82) is 0 Å². The van der Waals surface area contributed by atoms with Crippen LogP contribution in [-0.4, -0.2) is 53.2 Å². The zero-order chi connectivity index (χ0) is 17.7. The fraction of sp³-hybridized carbons (Fsp3) is 0.267. The minimum Gasteiger partial charge on any atom is -0.480 e. The molecule has 1 amide bonds. The maximum absolute atomic E-state index is 12.3. The first-order valence-corrected chi connectivity index (χ1v) is 9.14.